The molecule has 0 heterocycles. The van der Waals surface area contributed by atoms with Crippen LogP contribution in [0.5, 0.6) is 0 Å². The van der Waals surface area contributed by atoms with E-state index in [9.17, 15) is 0 Å². The first-order valence-corrected chi connectivity index (χ1v) is 6.70. The first-order valence-electron chi connectivity index (χ1n) is 3.79. The molecular weight excluding hydrogens is 154 g/mol. The summed E-state index contributed by atoms with van der Waals surface area (Å²) in [6.07, 6.45) is 1.85. The third-order valence-corrected chi connectivity index (χ3v) is 4.27. The minimum Gasteiger partial charge on any atom is -0.412 e. The molecule has 0 aromatic carbocycles. The summed E-state index contributed by atoms with van der Waals surface area (Å²) in [5.74, 6) is 0. The monoisotopic (exact) mass is 169 g/mol. The highest BCUT2D eigenvalue weighted by Crippen LogP contribution is 2.14. The minimum atomic E-state index is -1.83. The molecule has 0 spiro atoms. The van der Waals surface area contributed by atoms with Gasteiger partial charge < -0.3 is 4.43 Å². The molecule has 0 atom stereocenters. The van der Waals surface area contributed by atoms with Crippen molar-refractivity contribution in [3.63, 3.8) is 0 Å². The Hall–Kier alpha value is -0.593. The van der Waals surface area contributed by atoms with Gasteiger partial charge in [-0.05, 0) is 26.9 Å². The topological polar surface area (TPSA) is 33.0 Å². The van der Waals surface area contributed by atoms with Crippen LogP contribution < -0.4 is 0 Å². The normalized spacial score (nSPS) is 12.8. The molecule has 0 rings (SSSR count). The Labute approximate surface area is 69.6 Å². The highest BCUT2D eigenvalue weighted by molar-refractivity contribution is 6.79. The van der Waals surface area contributed by atoms with Crippen molar-refractivity contribution in [3.05, 3.63) is 11.3 Å². The molecule has 0 aliphatic carbocycles. The van der Waals surface area contributed by atoms with Crippen LogP contribution in [0.15, 0.2) is 11.3 Å². The summed E-state index contributed by atoms with van der Waals surface area (Å²) < 4.78 is 5.52. The summed E-state index contributed by atoms with van der Waals surface area (Å²) in [6.45, 7) is 8.61. The van der Waals surface area contributed by atoms with Crippen LogP contribution in [0, 0.1) is 11.3 Å². The lowest BCUT2D eigenvalue weighted by Gasteiger charge is -2.20. The Morgan fingerprint density at radius 1 is 1.64 bits per heavy atom. The van der Waals surface area contributed by atoms with Gasteiger partial charge in [-0.15, -0.1) is 0 Å². The van der Waals surface area contributed by atoms with E-state index in [1.807, 2.05) is 33.0 Å². The molecule has 3 heteroatoms. The van der Waals surface area contributed by atoms with Crippen molar-refractivity contribution >= 4 is 8.32 Å². The molecule has 11 heavy (non-hydrogen) atoms. The lowest BCUT2D eigenvalue weighted by molar-refractivity contribution is 0.336. The van der Waals surface area contributed by atoms with E-state index < -0.39 is 8.32 Å². The van der Waals surface area contributed by atoms with Gasteiger partial charge in [0.15, 0.2) is 0 Å². The van der Waals surface area contributed by atoms with Crippen LogP contribution in [0.2, 0.25) is 13.1 Å². The van der Waals surface area contributed by atoms with E-state index in [0.29, 0.717) is 6.61 Å². The van der Waals surface area contributed by atoms with Crippen molar-refractivity contribution in [2.75, 3.05) is 6.61 Å². The molecule has 0 bridgehead atoms. The average Bonchev–Trinajstić information content (AvgIpc) is 1.89. The molecular formula is C8H15NOSi. The molecule has 0 radical (unpaired) electrons. The highest BCUT2D eigenvalue weighted by atomic mass is 28.4. The van der Waals surface area contributed by atoms with Crippen molar-refractivity contribution in [2.24, 2.45) is 0 Å². The Morgan fingerprint density at radius 3 is 2.45 bits per heavy atom. The van der Waals surface area contributed by atoms with Crippen molar-refractivity contribution in [2.45, 2.75) is 26.9 Å². The van der Waals surface area contributed by atoms with E-state index in [4.69, 9.17) is 9.69 Å². The number of nitrogens with zero attached hydrogens (tertiary/aromatic N) is 1. The largest absolute Gasteiger partial charge is 0.412 e. The van der Waals surface area contributed by atoms with Crippen molar-refractivity contribution in [3.8, 4) is 6.07 Å². The molecule has 0 saturated carbocycles. The molecule has 0 aromatic heterocycles. The van der Waals surface area contributed by atoms with Crippen molar-refractivity contribution in [1.82, 2.24) is 0 Å². The zero-order chi connectivity index (χ0) is 8.91. The maximum Gasteiger partial charge on any atom is 0.228 e. The molecule has 0 unspecified atom stereocenters. The number of hydrogen-bond donors (Lipinski definition) is 0. The van der Waals surface area contributed by atoms with Gasteiger partial charge >= 0.3 is 0 Å². The maximum atomic E-state index is 8.72. The Bertz CT molecular complexity index is 191. The standard InChI is InChI=1S/C8H15NOSi/c1-5-8(7-9)11(3,4)10-6-2/h5H,6H2,1-4H3. The zero-order valence-corrected chi connectivity index (χ0v) is 8.64. The van der Waals surface area contributed by atoms with Crippen LogP contribution in [-0.2, 0) is 4.43 Å². The third-order valence-electron chi connectivity index (χ3n) is 1.56. The van der Waals surface area contributed by atoms with Crippen LogP contribution >= 0.6 is 0 Å². The molecule has 62 valence electrons. The molecule has 0 amide bonds. The van der Waals surface area contributed by atoms with Crippen molar-refractivity contribution in [1.29, 1.82) is 5.26 Å². The van der Waals surface area contributed by atoms with Crippen LogP contribution in [0.1, 0.15) is 13.8 Å². The van der Waals surface area contributed by atoms with Crippen molar-refractivity contribution < 1.29 is 4.43 Å². The Kier molecular flexibility index (Phi) is 4.09. The minimum absolute atomic E-state index is 0.693. The number of hydrogen-bond acceptors (Lipinski definition) is 2. The van der Waals surface area contributed by atoms with Gasteiger partial charge in [0.2, 0.25) is 8.32 Å². The molecule has 0 fully saturated rings. The lowest BCUT2D eigenvalue weighted by atomic mass is 10.6. The van der Waals surface area contributed by atoms with Crippen LogP contribution in [0.25, 0.3) is 0 Å². The summed E-state index contributed by atoms with van der Waals surface area (Å²) in [5, 5.41) is 9.54. The molecule has 0 aromatic rings. The summed E-state index contributed by atoms with van der Waals surface area (Å²) in [4.78, 5) is 0. The fourth-order valence-electron chi connectivity index (χ4n) is 0.985. The fourth-order valence-corrected chi connectivity index (χ4v) is 2.83. The summed E-state index contributed by atoms with van der Waals surface area (Å²) in [5.41, 5.74) is 0. The fraction of sp³-hybridized carbons (Fsp3) is 0.625. The first kappa shape index (κ1) is 10.4. The van der Waals surface area contributed by atoms with Gasteiger partial charge in [-0.3, -0.25) is 0 Å². The van der Waals surface area contributed by atoms with Crippen LogP contribution in [0.3, 0.4) is 0 Å². The highest BCUT2D eigenvalue weighted by Gasteiger charge is 2.26. The summed E-state index contributed by atoms with van der Waals surface area (Å²) >= 11 is 0. The van der Waals surface area contributed by atoms with Gasteiger partial charge in [0, 0.05) is 11.8 Å². The van der Waals surface area contributed by atoms with Gasteiger partial charge in [-0.2, -0.15) is 5.26 Å². The maximum absolute atomic E-state index is 8.72. The molecule has 0 N–H and O–H groups in total. The second-order valence-electron chi connectivity index (χ2n) is 2.76. The van der Waals surface area contributed by atoms with Gasteiger partial charge in [0.25, 0.3) is 0 Å². The van der Waals surface area contributed by atoms with Crippen LogP contribution in [0.4, 0.5) is 0 Å². The third kappa shape index (κ3) is 2.87. The second kappa shape index (κ2) is 4.32. The van der Waals surface area contributed by atoms with E-state index in [1.54, 1.807) is 0 Å². The predicted octanol–water partition coefficient (Wildman–Crippen LogP) is 2.24. The van der Waals surface area contributed by atoms with E-state index in [0.717, 1.165) is 5.20 Å². The van der Waals surface area contributed by atoms with E-state index >= 15 is 0 Å². The molecule has 0 aliphatic rings. The average molecular weight is 169 g/mol. The predicted molar refractivity (Wildman–Crippen MR) is 48.5 cm³/mol. The van der Waals surface area contributed by atoms with E-state index in [2.05, 4.69) is 6.07 Å². The zero-order valence-electron chi connectivity index (χ0n) is 7.64. The smallest absolute Gasteiger partial charge is 0.228 e. The quantitative estimate of drug-likeness (QED) is 0.479. The van der Waals surface area contributed by atoms with Gasteiger partial charge in [0.1, 0.15) is 0 Å². The van der Waals surface area contributed by atoms with E-state index in [1.165, 1.54) is 0 Å². The number of nitriles is 1. The number of allylic oxidation sites excluding steroid dienone is 2. The van der Waals surface area contributed by atoms with Gasteiger partial charge in [-0.1, -0.05) is 6.08 Å². The van der Waals surface area contributed by atoms with Crippen LogP contribution in [-0.4, -0.2) is 14.9 Å². The number of rotatable bonds is 3. The van der Waals surface area contributed by atoms with Gasteiger partial charge in [-0.25, -0.2) is 0 Å². The summed E-state index contributed by atoms with van der Waals surface area (Å²) in [6, 6.07) is 2.17. The molecule has 0 aliphatic heterocycles. The SMILES string of the molecule is CC=C(C#N)[Si](C)(C)OCC. The van der Waals surface area contributed by atoms with Gasteiger partial charge in [0.05, 0.1) is 6.07 Å². The lowest BCUT2D eigenvalue weighted by Crippen LogP contribution is -2.32. The van der Waals surface area contributed by atoms with E-state index in [-0.39, 0.29) is 0 Å². The summed E-state index contributed by atoms with van der Waals surface area (Å²) in [7, 11) is -1.83. The molecule has 0 saturated heterocycles. The Balaban J connectivity index is 4.42. The Morgan fingerprint density at radius 2 is 2.18 bits per heavy atom. The molecule has 2 nitrogen and oxygen atoms in total. The second-order valence-corrected chi connectivity index (χ2v) is 6.61. The first-order chi connectivity index (χ1) is 5.08.